The summed E-state index contributed by atoms with van der Waals surface area (Å²) in [7, 11) is -4.86. The lowest BCUT2D eigenvalue weighted by Gasteiger charge is -2.28. The van der Waals surface area contributed by atoms with Gasteiger partial charge in [-0.2, -0.15) is 0 Å². The van der Waals surface area contributed by atoms with Crippen molar-refractivity contribution in [1.82, 2.24) is 15.2 Å². The molecule has 3 aromatic rings. The molecule has 11 nitrogen and oxygen atoms in total. The Bertz CT molecular complexity index is 1700. The van der Waals surface area contributed by atoms with E-state index in [0.29, 0.717) is 47.3 Å². The Morgan fingerprint density at radius 1 is 1.17 bits per heavy atom. The van der Waals surface area contributed by atoms with Crippen molar-refractivity contribution in [2.75, 3.05) is 45.9 Å². The van der Waals surface area contributed by atoms with Crippen molar-refractivity contribution in [2.24, 2.45) is 11.1 Å². The number of rotatable bonds is 12. The molecular formula is C26H31FN4O7S3. The first-order valence-corrected chi connectivity index (χ1v) is 17.0. The molecule has 1 saturated carbocycles. The highest BCUT2D eigenvalue weighted by molar-refractivity contribution is 7.92. The number of carbonyl (C=O) groups excluding carboxylic acids is 2. The highest BCUT2D eigenvalue weighted by Gasteiger charge is 2.61. The summed E-state index contributed by atoms with van der Waals surface area (Å²) in [5.74, 6) is -3.08. The zero-order valence-electron chi connectivity index (χ0n) is 22.7. The normalized spacial score (nSPS) is 15.4. The van der Waals surface area contributed by atoms with Gasteiger partial charge in [-0.25, -0.2) is 31.3 Å². The number of sulfonamides is 1. The fourth-order valence-electron chi connectivity index (χ4n) is 4.68. The highest BCUT2D eigenvalue weighted by Crippen LogP contribution is 2.52. The molecule has 1 heterocycles. The number of amides is 2. The van der Waals surface area contributed by atoms with Gasteiger partial charge < -0.3 is 15.0 Å². The number of nitrogens with two attached hydrogens (primary N) is 1. The van der Waals surface area contributed by atoms with Gasteiger partial charge in [0.2, 0.25) is 20.7 Å². The fraction of sp³-hybridized carbons (Fsp3) is 0.423. The molecule has 1 aliphatic carbocycles. The minimum Gasteiger partial charge on any atom is -0.383 e. The van der Waals surface area contributed by atoms with Crippen LogP contribution in [0.2, 0.25) is 0 Å². The molecule has 2 amide bonds. The average Bonchev–Trinajstić information content (AvgIpc) is 3.63. The molecule has 1 atom stereocenters. The molecule has 0 saturated heterocycles. The number of sulfone groups is 1. The lowest BCUT2D eigenvalue weighted by Crippen LogP contribution is -2.52. The Morgan fingerprint density at radius 2 is 1.83 bits per heavy atom. The van der Waals surface area contributed by atoms with E-state index in [-0.39, 0.29) is 17.1 Å². The molecule has 3 N–H and O–H groups in total. The van der Waals surface area contributed by atoms with Crippen LogP contribution < -0.4 is 10.5 Å². The highest BCUT2D eigenvalue weighted by atomic mass is 32.2. The fourth-order valence-corrected chi connectivity index (χ4v) is 8.43. The van der Waals surface area contributed by atoms with Crippen molar-refractivity contribution in [3.63, 3.8) is 0 Å². The van der Waals surface area contributed by atoms with E-state index in [9.17, 15) is 30.8 Å². The Balaban J connectivity index is 1.69. The van der Waals surface area contributed by atoms with Gasteiger partial charge in [0, 0.05) is 33.5 Å². The summed E-state index contributed by atoms with van der Waals surface area (Å²) < 4.78 is 67.6. The minimum atomic E-state index is -4.06. The maximum Gasteiger partial charge on any atom is 0.256 e. The first kappa shape index (κ1) is 31.0. The van der Waals surface area contributed by atoms with Gasteiger partial charge in [0.1, 0.15) is 10.8 Å². The minimum absolute atomic E-state index is 0.0778. The van der Waals surface area contributed by atoms with Crippen molar-refractivity contribution >= 4 is 53.2 Å². The molecule has 0 bridgehead atoms. The number of carbonyl (C=O) groups is 2. The molecular weight excluding hydrogens is 596 g/mol. The number of fused-ring (bicyclic) bond motifs is 1. The standard InChI is InChI=1S/C26H31FN4O7S3/c1-31(11-12-38-2)23(32)19-8-4-16(14-20(19)27)17-5-9-21-22(15-17)39-25(30-21)26(18-6-7-18,40(3,34)35)24(33)29-10-13-41(28,36)37/h4-5,8-9,14-15,18H,6-7,10-13H2,1-3H3,(H,29,33)(H2,28,36,37). The molecule has 0 aliphatic heterocycles. The molecule has 222 valence electrons. The Kier molecular flexibility index (Phi) is 8.85. The largest absolute Gasteiger partial charge is 0.383 e. The van der Waals surface area contributed by atoms with Gasteiger partial charge in [0.15, 0.2) is 9.84 Å². The summed E-state index contributed by atoms with van der Waals surface area (Å²) in [6.45, 7) is 0.279. The molecule has 1 aromatic heterocycles. The smallest absolute Gasteiger partial charge is 0.256 e. The predicted molar refractivity (Wildman–Crippen MR) is 154 cm³/mol. The molecule has 2 aromatic carbocycles. The van der Waals surface area contributed by atoms with Gasteiger partial charge in [0.25, 0.3) is 5.91 Å². The summed E-state index contributed by atoms with van der Waals surface area (Å²) in [4.78, 5) is 31.9. The molecule has 4 rings (SSSR count). The monoisotopic (exact) mass is 626 g/mol. The van der Waals surface area contributed by atoms with Gasteiger partial charge in [-0.15, -0.1) is 11.3 Å². The topological polar surface area (TPSA) is 166 Å². The van der Waals surface area contributed by atoms with Crippen LogP contribution in [0.5, 0.6) is 0 Å². The van der Waals surface area contributed by atoms with Gasteiger partial charge in [-0.3, -0.25) is 9.59 Å². The zero-order valence-corrected chi connectivity index (χ0v) is 25.2. The third-order valence-corrected chi connectivity index (χ3v) is 10.9. The van der Waals surface area contributed by atoms with Crippen molar-refractivity contribution in [1.29, 1.82) is 0 Å². The number of ether oxygens (including phenoxy) is 1. The lowest BCUT2D eigenvalue weighted by molar-refractivity contribution is -0.124. The van der Waals surface area contributed by atoms with Crippen LogP contribution in [0.4, 0.5) is 4.39 Å². The quantitative estimate of drug-likeness (QED) is 0.308. The third-order valence-electron chi connectivity index (χ3n) is 6.96. The Labute approximate surface area is 241 Å². The van der Waals surface area contributed by atoms with E-state index < -0.39 is 53.9 Å². The molecule has 1 aliphatic rings. The van der Waals surface area contributed by atoms with Gasteiger partial charge >= 0.3 is 0 Å². The summed E-state index contributed by atoms with van der Waals surface area (Å²) >= 11 is 1.04. The Morgan fingerprint density at radius 3 is 2.41 bits per heavy atom. The number of benzene rings is 2. The van der Waals surface area contributed by atoms with E-state index in [1.165, 1.54) is 24.1 Å². The molecule has 41 heavy (non-hydrogen) atoms. The van der Waals surface area contributed by atoms with Crippen LogP contribution in [0.1, 0.15) is 28.2 Å². The van der Waals surface area contributed by atoms with Crippen molar-refractivity contribution in [3.05, 3.63) is 52.8 Å². The van der Waals surface area contributed by atoms with Crippen LogP contribution in [-0.2, 0) is 34.1 Å². The number of aromatic nitrogens is 1. The first-order chi connectivity index (χ1) is 19.2. The van der Waals surface area contributed by atoms with Crippen LogP contribution in [-0.4, -0.2) is 84.4 Å². The van der Waals surface area contributed by atoms with Gasteiger partial charge in [-0.05, 0) is 54.2 Å². The van der Waals surface area contributed by atoms with Crippen LogP contribution in [0.3, 0.4) is 0 Å². The van der Waals surface area contributed by atoms with E-state index in [2.05, 4.69) is 10.3 Å². The average molecular weight is 627 g/mol. The maximum atomic E-state index is 15.0. The number of thiazole rings is 1. The van der Waals surface area contributed by atoms with E-state index in [0.717, 1.165) is 17.6 Å². The predicted octanol–water partition coefficient (Wildman–Crippen LogP) is 1.88. The number of nitrogens with one attached hydrogen (secondary N) is 1. The van der Waals surface area contributed by atoms with E-state index in [4.69, 9.17) is 9.88 Å². The number of methoxy groups -OCH3 is 1. The van der Waals surface area contributed by atoms with Crippen LogP contribution in [0, 0.1) is 11.7 Å². The van der Waals surface area contributed by atoms with Gasteiger partial charge in [-0.1, -0.05) is 12.1 Å². The van der Waals surface area contributed by atoms with Crippen LogP contribution in [0.15, 0.2) is 36.4 Å². The first-order valence-electron chi connectivity index (χ1n) is 12.6. The number of primary sulfonamides is 1. The van der Waals surface area contributed by atoms with Gasteiger partial charge in [0.05, 0.1) is 28.1 Å². The number of likely N-dealkylation sites (N-methyl/N-ethyl adjacent to an activating group) is 1. The number of hydrogen-bond donors (Lipinski definition) is 2. The number of nitrogens with zero attached hydrogens (tertiary/aromatic N) is 2. The van der Waals surface area contributed by atoms with Crippen molar-refractivity contribution in [3.8, 4) is 11.1 Å². The SMILES string of the molecule is COCCN(C)C(=O)c1ccc(-c2ccc3nc(C(C(=O)NCCS(N)(=O)=O)(C4CC4)S(C)(=O)=O)sc3c2)cc1F. The second kappa shape index (κ2) is 11.7. The van der Waals surface area contributed by atoms with E-state index in [1.54, 1.807) is 31.3 Å². The molecule has 1 fully saturated rings. The van der Waals surface area contributed by atoms with E-state index in [1.807, 2.05) is 0 Å². The molecule has 15 heteroatoms. The molecule has 0 spiro atoms. The van der Waals surface area contributed by atoms with E-state index >= 15 is 0 Å². The molecule has 0 radical (unpaired) electrons. The van der Waals surface area contributed by atoms with Crippen LogP contribution in [0.25, 0.3) is 21.3 Å². The van der Waals surface area contributed by atoms with Crippen LogP contribution >= 0.6 is 11.3 Å². The van der Waals surface area contributed by atoms with Crippen molar-refractivity contribution < 1.29 is 35.6 Å². The Hall–Kier alpha value is -2.98. The summed E-state index contributed by atoms with van der Waals surface area (Å²) in [6, 6.07) is 9.35. The number of halogens is 1. The second-order valence-corrected chi connectivity index (χ2v) is 15.0. The zero-order chi connectivity index (χ0) is 30.2. The summed E-state index contributed by atoms with van der Waals surface area (Å²) in [5.41, 5.74) is 1.47. The lowest BCUT2D eigenvalue weighted by atomic mass is 10.0. The summed E-state index contributed by atoms with van der Waals surface area (Å²) in [6.07, 6.45) is 1.95. The summed E-state index contributed by atoms with van der Waals surface area (Å²) in [5, 5.41) is 7.54. The second-order valence-electron chi connectivity index (χ2n) is 10.0. The third kappa shape index (κ3) is 6.43. The number of hydrogen-bond acceptors (Lipinski definition) is 9. The maximum absolute atomic E-state index is 15.0. The molecule has 1 unspecified atom stereocenters. The van der Waals surface area contributed by atoms with Crippen molar-refractivity contribution in [2.45, 2.75) is 17.6 Å².